The largest absolute Gasteiger partial charge is 0.462 e. The van der Waals surface area contributed by atoms with Crippen molar-refractivity contribution >= 4 is 5.97 Å². The molecule has 4 rings (SSSR count). The van der Waals surface area contributed by atoms with Gasteiger partial charge in [-0.2, -0.15) is 0 Å². The van der Waals surface area contributed by atoms with Gasteiger partial charge in [-0.3, -0.25) is 4.79 Å². The second kappa shape index (κ2) is 6.02. The number of fused-ring (bicyclic) bond motifs is 5. The molecule has 0 saturated heterocycles. The van der Waals surface area contributed by atoms with Crippen LogP contribution in [0.1, 0.15) is 91.4 Å². The highest BCUT2D eigenvalue weighted by Crippen LogP contribution is 2.66. The van der Waals surface area contributed by atoms with Crippen LogP contribution in [0.4, 0.5) is 0 Å². The van der Waals surface area contributed by atoms with Gasteiger partial charge in [0.1, 0.15) is 6.10 Å². The molecule has 0 heterocycles. The van der Waals surface area contributed by atoms with E-state index in [2.05, 4.69) is 13.8 Å². The van der Waals surface area contributed by atoms with Crippen LogP contribution in [0.2, 0.25) is 0 Å². The number of carbonyl (C=O) groups excluding carboxylic acids is 1. The zero-order chi connectivity index (χ0) is 16.9. The summed E-state index contributed by atoms with van der Waals surface area (Å²) < 4.78 is 5.91. The van der Waals surface area contributed by atoms with E-state index in [1.807, 2.05) is 6.92 Å². The summed E-state index contributed by atoms with van der Waals surface area (Å²) in [6, 6.07) is 0. The topological polar surface area (TPSA) is 26.3 Å². The van der Waals surface area contributed by atoms with Gasteiger partial charge in [-0.05, 0) is 80.5 Å². The molecule has 4 aliphatic rings. The first-order chi connectivity index (χ1) is 11.5. The van der Waals surface area contributed by atoms with Crippen LogP contribution in [0.25, 0.3) is 0 Å². The second-order valence-electron chi connectivity index (χ2n) is 9.86. The minimum absolute atomic E-state index is 0.00643. The van der Waals surface area contributed by atoms with Crippen LogP contribution in [-0.2, 0) is 9.53 Å². The van der Waals surface area contributed by atoms with Crippen LogP contribution >= 0.6 is 0 Å². The Morgan fingerprint density at radius 2 is 1.71 bits per heavy atom. The van der Waals surface area contributed by atoms with Gasteiger partial charge in [-0.25, -0.2) is 0 Å². The van der Waals surface area contributed by atoms with Crippen molar-refractivity contribution in [2.45, 2.75) is 97.5 Å². The predicted octanol–water partition coefficient (Wildman–Crippen LogP) is 5.74. The highest BCUT2D eigenvalue weighted by molar-refractivity contribution is 5.69. The van der Waals surface area contributed by atoms with Crippen LogP contribution in [0.3, 0.4) is 0 Å². The molecule has 4 aliphatic carbocycles. The van der Waals surface area contributed by atoms with Crippen molar-refractivity contribution in [2.75, 3.05) is 0 Å². The average Bonchev–Trinajstić information content (AvgIpc) is 2.91. The van der Waals surface area contributed by atoms with E-state index in [0.717, 1.165) is 30.1 Å². The molecular weight excluding hydrogens is 296 g/mol. The molecule has 2 heteroatoms. The van der Waals surface area contributed by atoms with E-state index >= 15 is 0 Å². The minimum atomic E-state index is 0.00643. The normalized spacial score (nSPS) is 50.5. The molecule has 0 aromatic rings. The molecule has 0 amide bonds. The fourth-order valence-electron chi connectivity index (χ4n) is 7.68. The van der Waals surface area contributed by atoms with E-state index in [0.29, 0.717) is 11.8 Å². The van der Waals surface area contributed by atoms with Crippen molar-refractivity contribution < 1.29 is 9.53 Å². The molecule has 0 aliphatic heterocycles. The summed E-state index contributed by atoms with van der Waals surface area (Å²) in [4.78, 5) is 11.9. The van der Waals surface area contributed by atoms with Gasteiger partial charge in [0.2, 0.25) is 0 Å². The van der Waals surface area contributed by atoms with Crippen LogP contribution in [0, 0.1) is 34.5 Å². The second-order valence-corrected chi connectivity index (χ2v) is 9.86. The van der Waals surface area contributed by atoms with Crippen molar-refractivity contribution in [3.63, 3.8) is 0 Å². The summed E-state index contributed by atoms with van der Waals surface area (Å²) in [7, 11) is 0. The Bertz CT molecular complexity index is 500. The van der Waals surface area contributed by atoms with Gasteiger partial charge < -0.3 is 4.74 Å². The maximum Gasteiger partial charge on any atom is 0.305 e. The lowest BCUT2D eigenvalue weighted by Crippen LogP contribution is -2.53. The minimum Gasteiger partial charge on any atom is -0.462 e. The predicted molar refractivity (Wildman–Crippen MR) is 96.5 cm³/mol. The van der Waals surface area contributed by atoms with Gasteiger partial charge in [0.25, 0.3) is 0 Å². The van der Waals surface area contributed by atoms with E-state index in [1.54, 1.807) is 0 Å². The zero-order valence-electron chi connectivity index (χ0n) is 16.0. The third-order valence-electron chi connectivity index (χ3n) is 9.06. The van der Waals surface area contributed by atoms with Gasteiger partial charge in [0.05, 0.1) is 0 Å². The van der Waals surface area contributed by atoms with Crippen molar-refractivity contribution in [3.05, 3.63) is 0 Å². The summed E-state index contributed by atoms with van der Waals surface area (Å²) in [6.07, 6.45) is 14.5. The standard InChI is InChI=1S/C22H36O2/c1-4-20(23)24-19-11-10-17-16-9-8-15-7-5-6-13-21(15,2)18(16)12-14-22(17,19)3/h15-19H,4-14H2,1-3H3. The van der Waals surface area contributed by atoms with E-state index in [-0.39, 0.29) is 17.5 Å². The number of hydrogen-bond acceptors (Lipinski definition) is 2. The first-order valence-corrected chi connectivity index (χ1v) is 10.7. The summed E-state index contributed by atoms with van der Waals surface area (Å²) in [5.41, 5.74) is 0.866. The fraction of sp³-hybridized carbons (Fsp3) is 0.955. The molecule has 2 nitrogen and oxygen atoms in total. The molecule has 7 atom stereocenters. The molecule has 24 heavy (non-hydrogen) atoms. The van der Waals surface area contributed by atoms with Crippen molar-refractivity contribution in [1.82, 2.24) is 0 Å². The lowest BCUT2D eigenvalue weighted by Gasteiger charge is -2.60. The summed E-state index contributed by atoms with van der Waals surface area (Å²) in [5, 5.41) is 0. The molecule has 0 aromatic heterocycles. The maximum atomic E-state index is 11.9. The molecule has 4 saturated carbocycles. The number of esters is 1. The lowest BCUT2D eigenvalue weighted by atomic mass is 9.45. The Hall–Kier alpha value is -0.530. The van der Waals surface area contributed by atoms with Gasteiger partial charge in [0.15, 0.2) is 0 Å². The molecule has 0 spiro atoms. The van der Waals surface area contributed by atoms with Crippen LogP contribution in [-0.4, -0.2) is 12.1 Å². The third-order valence-corrected chi connectivity index (χ3v) is 9.06. The molecule has 7 unspecified atom stereocenters. The molecule has 4 fully saturated rings. The Balaban J connectivity index is 1.56. The summed E-state index contributed by atoms with van der Waals surface area (Å²) >= 11 is 0. The van der Waals surface area contributed by atoms with Gasteiger partial charge in [-0.15, -0.1) is 0 Å². The SMILES string of the molecule is CCC(=O)OC1CCC2C3CCC4CCCCC4(C)C3CCC12C. The molecular formula is C22H36O2. The van der Waals surface area contributed by atoms with E-state index in [9.17, 15) is 4.79 Å². The van der Waals surface area contributed by atoms with E-state index < -0.39 is 0 Å². The Kier molecular flexibility index (Phi) is 4.24. The van der Waals surface area contributed by atoms with Gasteiger partial charge in [-0.1, -0.05) is 33.6 Å². The van der Waals surface area contributed by atoms with E-state index in [4.69, 9.17) is 4.74 Å². The molecule has 0 bridgehead atoms. The van der Waals surface area contributed by atoms with Crippen molar-refractivity contribution in [3.8, 4) is 0 Å². The highest BCUT2D eigenvalue weighted by Gasteiger charge is 2.60. The lowest BCUT2D eigenvalue weighted by molar-refractivity contribution is -0.163. The molecule has 0 N–H and O–H groups in total. The Labute approximate surface area is 148 Å². The molecule has 0 aromatic carbocycles. The highest BCUT2D eigenvalue weighted by atomic mass is 16.5. The third kappa shape index (κ3) is 2.38. The fourth-order valence-corrected chi connectivity index (χ4v) is 7.68. The van der Waals surface area contributed by atoms with Gasteiger partial charge in [0, 0.05) is 11.8 Å². The number of ether oxygens (including phenoxy) is 1. The first kappa shape index (κ1) is 16.9. The van der Waals surface area contributed by atoms with Crippen molar-refractivity contribution in [1.29, 1.82) is 0 Å². The van der Waals surface area contributed by atoms with Crippen molar-refractivity contribution in [2.24, 2.45) is 34.5 Å². The monoisotopic (exact) mass is 332 g/mol. The number of carbonyl (C=O) groups is 1. The zero-order valence-corrected chi connectivity index (χ0v) is 16.0. The van der Waals surface area contributed by atoms with E-state index in [1.165, 1.54) is 57.8 Å². The Morgan fingerprint density at radius 3 is 2.50 bits per heavy atom. The average molecular weight is 333 g/mol. The number of rotatable bonds is 2. The Morgan fingerprint density at radius 1 is 0.917 bits per heavy atom. The summed E-state index contributed by atoms with van der Waals surface area (Å²) in [6.45, 7) is 7.00. The summed E-state index contributed by atoms with van der Waals surface area (Å²) in [5.74, 6) is 3.63. The quantitative estimate of drug-likeness (QED) is 0.603. The first-order valence-electron chi connectivity index (χ1n) is 10.7. The number of hydrogen-bond donors (Lipinski definition) is 0. The van der Waals surface area contributed by atoms with Crippen LogP contribution in [0.15, 0.2) is 0 Å². The van der Waals surface area contributed by atoms with Crippen LogP contribution in [0.5, 0.6) is 0 Å². The van der Waals surface area contributed by atoms with Crippen LogP contribution < -0.4 is 0 Å². The molecule has 136 valence electrons. The smallest absolute Gasteiger partial charge is 0.305 e. The molecule has 0 radical (unpaired) electrons. The maximum absolute atomic E-state index is 11.9. The van der Waals surface area contributed by atoms with Gasteiger partial charge >= 0.3 is 5.97 Å².